The van der Waals surface area contributed by atoms with Crippen LogP contribution in [0.3, 0.4) is 0 Å². The fourth-order valence-corrected chi connectivity index (χ4v) is 1.62. The number of carboxylic acids is 1. The van der Waals surface area contributed by atoms with Crippen molar-refractivity contribution in [3.63, 3.8) is 0 Å². The monoisotopic (exact) mass is 236 g/mol. The Morgan fingerprint density at radius 1 is 0.882 bits per heavy atom. The molecule has 2 nitrogen and oxygen atoms in total. The zero-order valence-electron chi connectivity index (χ0n) is 8.76. The van der Waals surface area contributed by atoms with E-state index >= 15 is 0 Å². The predicted molar refractivity (Wildman–Crippen MR) is 70.4 cm³/mol. The van der Waals surface area contributed by atoms with Crippen molar-refractivity contribution in [3.05, 3.63) is 60.2 Å². The van der Waals surface area contributed by atoms with Gasteiger partial charge in [0.15, 0.2) is 0 Å². The molecule has 82 valence electrons. The normalized spacial score (nSPS) is 9.41. The van der Waals surface area contributed by atoms with Crippen molar-refractivity contribution >= 4 is 35.5 Å². The molecule has 0 aliphatic heterocycles. The summed E-state index contributed by atoms with van der Waals surface area (Å²) in [6.07, 6.45) is 0.0784. The Hall–Kier alpha value is -1.09. The summed E-state index contributed by atoms with van der Waals surface area (Å²) in [5.41, 5.74) is 3.08. The maximum atomic E-state index is 10.5. The van der Waals surface area contributed by atoms with Gasteiger partial charge < -0.3 is 5.11 Å². The molecule has 0 aliphatic rings. The van der Waals surface area contributed by atoms with Crippen LogP contribution in [0.5, 0.6) is 0 Å². The molecule has 0 spiro atoms. The average Bonchev–Trinajstić information content (AvgIpc) is 2.30. The fraction of sp³-hybridized carbons (Fsp3) is 0.0714. The number of hydrogen-bond acceptors (Lipinski definition) is 1. The van der Waals surface area contributed by atoms with Gasteiger partial charge in [0.05, 0.1) is 6.42 Å². The SMILES string of the molecule is O=C(O)Cc1ccc(-c2ccccc2)cc1.[NaH]. The Bertz CT molecular complexity index is 477. The molecule has 0 atom stereocenters. The molecule has 1 N–H and O–H groups in total. The summed E-state index contributed by atoms with van der Waals surface area (Å²) in [6.45, 7) is 0. The molecular formula is C14H13NaO2. The van der Waals surface area contributed by atoms with Gasteiger partial charge in [0, 0.05) is 0 Å². The predicted octanol–water partition coefficient (Wildman–Crippen LogP) is 2.33. The van der Waals surface area contributed by atoms with Crippen LogP contribution in [0.15, 0.2) is 54.6 Å². The minimum absolute atomic E-state index is 0. The van der Waals surface area contributed by atoms with Crippen LogP contribution < -0.4 is 0 Å². The molecule has 0 radical (unpaired) electrons. The van der Waals surface area contributed by atoms with Crippen LogP contribution in [-0.4, -0.2) is 40.6 Å². The molecule has 2 rings (SSSR count). The number of carboxylic acid groups (broad SMARTS) is 1. The summed E-state index contributed by atoms with van der Waals surface area (Å²) in [6, 6.07) is 17.6. The van der Waals surface area contributed by atoms with Gasteiger partial charge >= 0.3 is 35.5 Å². The van der Waals surface area contributed by atoms with Crippen molar-refractivity contribution in [1.82, 2.24) is 0 Å². The molecule has 0 fully saturated rings. The van der Waals surface area contributed by atoms with Gasteiger partial charge in [-0.05, 0) is 16.7 Å². The summed E-state index contributed by atoms with van der Waals surface area (Å²) in [5, 5.41) is 8.65. The van der Waals surface area contributed by atoms with E-state index in [9.17, 15) is 4.79 Å². The van der Waals surface area contributed by atoms with Gasteiger partial charge in [-0.1, -0.05) is 54.6 Å². The van der Waals surface area contributed by atoms with Gasteiger partial charge in [-0.3, -0.25) is 4.79 Å². The van der Waals surface area contributed by atoms with E-state index in [1.54, 1.807) is 0 Å². The molecule has 2 aromatic carbocycles. The number of benzene rings is 2. The van der Waals surface area contributed by atoms with E-state index in [4.69, 9.17) is 5.11 Å². The van der Waals surface area contributed by atoms with Gasteiger partial charge in [-0.2, -0.15) is 0 Å². The first-order chi connectivity index (χ1) is 7.75. The van der Waals surface area contributed by atoms with Gasteiger partial charge in [0.2, 0.25) is 0 Å². The van der Waals surface area contributed by atoms with Crippen molar-refractivity contribution in [3.8, 4) is 11.1 Å². The number of rotatable bonds is 3. The van der Waals surface area contributed by atoms with Crippen LogP contribution in [0, 0.1) is 0 Å². The van der Waals surface area contributed by atoms with Gasteiger partial charge in [0.25, 0.3) is 0 Å². The first-order valence-electron chi connectivity index (χ1n) is 5.12. The van der Waals surface area contributed by atoms with E-state index in [2.05, 4.69) is 0 Å². The third kappa shape index (κ3) is 4.00. The van der Waals surface area contributed by atoms with Crippen molar-refractivity contribution in [2.24, 2.45) is 0 Å². The fourth-order valence-electron chi connectivity index (χ4n) is 1.62. The molecule has 0 heterocycles. The third-order valence-corrected chi connectivity index (χ3v) is 2.42. The van der Waals surface area contributed by atoms with E-state index in [0.29, 0.717) is 0 Å². The number of hydrogen-bond donors (Lipinski definition) is 1. The molecular weight excluding hydrogens is 223 g/mol. The second-order valence-electron chi connectivity index (χ2n) is 3.63. The quantitative estimate of drug-likeness (QED) is 0.830. The van der Waals surface area contributed by atoms with Crippen molar-refractivity contribution < 1.29 is 9.90 Å². The van der Waals surface area contributed by atoms with E-state index in [-0.39, 0.29) is 36.0 Å². The molecule has 0 saturated heterocycles. The second-order valence-corrected chi connectivity index (χ2v) is 3.63. The Labute approximate surface area is 123 Å². The Morgan fingerprint density at radius 2 is 1.41 bits per heavy atom. The van der Waals surface area contributed by atoms with Gasteiger partial charge in [-0.25, -0.2) is 0 Å². The Balaban J connectivity index is 0.00000144. The third-order valence-electron chi connectivity index (χ3n) is 2.42. The molecule has 3 heteroatoms. The van der Waals surface area contributed by atoms with Crippen molar-refractivity contribution in [2.75, 3.05) is 0 Å². The van der Waals surface area contributed by atoms with E-state index in [1.807, 2.05) is 54.6 Å². The summed E-state index contributed by atoms with van der Waals surface area (Å²) >= 11 is 0. The van der Waals surface area contributed by atoms with Crippen LogP contribution in [0.25, 0.3) is 11.1 Å². The molecule has 2 aromatic rings. The van der Waals surface area contributed by atoms with Crippen LogP contribution in [0.2, 0.25) is 0 Å². The minimum atomic E-state index is -0.799. The standard InChI is InChI=1S/C14H12O2.Na.H/c15-14(16)10-11-6-8-13(9-7-11)12-4-2-1-3-5-12;;/h1-9H,10H2,(H,15,16);;. The van der Waals surface area contributed by atoms with Gasteiger partial charge in [0.1, 0.15) is 0 Å². The van der Waals surface area contributed by atoms with Crippen molar-refractivity contribution in [2.45, 2.75) is 6.42 Å². The topological polar surface area (TPSA) is 37.3 Å². The zero-order valence-corrected chi connectivity index (χ0v) is 8.76. The van der Waals surface area contributed by atoms with Crippen molar-refractivity contribution in [1.29, 1.82) is 0 Å². The molecule has 0 bridgehead atoms. The molecule has 0 aromatic heterocycles. The summed E-state index contributed by atoms with van der Waals surface area (Å²) in [5.74, 6) is -0.799. The van der Waals surface area contributed by atoms with Gasteiger partial charge in [-0.15, -0.1) is 0 Å². The maximum absolute atomic E-state index is 10.5. The Morgan fingerprint density at radius 3 is 1.94 bits per heavy atom. The molecule has 0 saturated carbocycles. The van der Waals surface area contributed by atoms with E-state index < -0.39 is 5.97 Å². The van der Waals surface area contributed by atoms with E-state index in [1.165, 1.54) is 0 Å². The van der Waals surface area contributed by atoms with Crippen LogP contribution in [0.4, 0.5) is 0 Å². The summed E-state index contributed by atoms with van der Waals surface area (Å²) < 4.78 is 0. The average molecular weight is 236 g/mol. The zero-order chi connectivity index (χ0) is 11.4. The first-order valence-corrected chi connectivity index (χ1v) is 5.12. The van der Waals surface area contributed by atoms with E-state index in [0.717, 1.165) is 16.7 Å². The number of aliphatic carboxylic acids is 1. The molecule has 0 amide bonds. The van der Waals surface area contributed by atoms with Crippen LogP contribution in [0.1, 0.15) is 5.56 Å². The Kier molecular flexibility index (Phi) is 5.42. The summed E-state index contributed by atoms with van der Waals surface area (Å²) in [7, 11) is 0. The first kappa shape index (κ1) is 14.0. The van der Waals surface area contributed by atoms with Crippen LogP contribution in [-0.2, 0) is 11.2 Å². The molecule has 0 aliphatic carbocycles. The summed E-state index contributed by atoms with van der Waals surface area (Å²) in [4.78, 5) is 10.5. The molecule has 17 heavy (non-hydrogen) atoms. The molecule has 0 unspecified atom stereocenters. The number of carbonyl (C=O) groups is 1. The van der Waals surface area contributed by atoms with Crippen LogP contribution >= 0.6 is 0 Å². The second kappa shape index (κ2) is 6.60.